The van der Waals surface area contributed by atoms with Crippen molar-refractivity contribution in [3.8, 4) is 5.82 Å². The standard InChI is InChI=1S/C17H14F3N5O2/c1-10-12(9-22-25(10)14-6-7-15(26)24-23-14)16(27)21-8-11-4-2-3-5-13(11)17(18,19)20/h2-7,9H,8H2,1H3,(H,21,27)(H,24,26). The summed E-state index contributed by atoms with van der Waals surface area (Å²) in [6.45, 7) is 1.33. The van der Waals surface area contributed by atoms with Crippen LogP contribution in [0, 0.1) is 6.92 Å². The maximum Gasteiger partial charge on any atom is 0.416 e. The Balaban J connectivity index is 1.79. The second-order valence-electron chi connectivity index (χ2n) is 5.67. The highest BCUT2D eigenvalue weighted by Crippen LogP contribution is 2.31. The molecule has 2 aromatic heterocycles. The number of hydrogen-bond acceptors (Lipinski definition) is 4. The molecule has 0 fully saturated rings. The monoisotopic (exact) mass is 377 g/mol. The minimum absolute atomic E-state index is 0.0364. The Hall–Kier alpha value is -3.43. The lowest BCUT2D eigenvalue weighted by atomic mass is 10.1. The molecule has 0 saturated heterocycles. The van der Waals surface area contributed by atoms with Gasteiger partial charge in [0.15, 0.2) is 5.82 Å². The van der Waals surface area contributed by atoms with Crippen molar-refractivity contribution in [2.24, 2.45) is 0 Å². The normalized spacial score (nSPS) is 11.4. The summed E-state index contributed by atoms with van der Waals surface area (Å²) in [5, 5.41) is 12.6. The second-order valence-corrected chi connectivity index (χ2v) is 5.67. The van der Waals surface area contributed by atoms with Gasteiger partial charge in [-0.25, -0.2) is 9.78 Å². The van der Waals surface area contributed by atoms with Crippen molar-refractivity contribution in [3.05, 3.63) is 75.3 Å². The van der Waals surface area contributed by atoms with Crippen LogP contribution < -0.4 is 10.9 Å². The van der Waals surface area contributed by atoms with Crippen molar-refractivity contribution < 1.29 is 18.0 Å². The van der Waals surface area contributed by atoms with Gasteiger partial charge in [-0.05, 0) is 24.6 Å². The largest absolute Gasteiger partial charge is 0.416 e. The van der Waals surface area contributed by atoms with Gasteiger partial charge in [0.05, 0.1) is 23.0 Å². The van der Waals surface area contributed by atoms with E-state index in [0.29, 0.717) is 11.5 Å². The molecule has 0 aliphatic carbocycles. The molecule has 0 radical (unpaired) electrons. The molecule has 10 heteroatoms. The molecule has 3 aromatic rings. The van der Waals surface area contributed by atoms with Crippen molar-refractivity contribution in [2.45, 2.75) is 19.6 Å². The summed E-state index contributed by atoms with van der Waals surface area (Å²) in [6.07, 6.45) is -3.22. The molecule has 1 aromatic carbocycles. The van der Waals surface area contributed by atoms with Crippen LogP contribution in [0.1, 0.15) is 27.2 Å². The van der Waals surface area contributed by atoms with Crippen LogP contribution in [0.15, 0.2) is 47.4 Å². The molecule has 0 saturated carbocycles. The van der Waals surface area contributed by atoms with E-state index in [4.69, 9.17) is 0 Å². The molecule has 0 aliphatic heterocycles. The van der Waals surface area contributed by atoms with E-state index in [1.165, 1.54) is 41.2 Å². The number of carbonyl (C=O) groups excluding carboxylic acids is 1. The number of rotatable bonds is 4. The zero-order chi connectivity index (χ0) is 19.6. The van der Waals surface area contributed by atoms with Gasteiger partial charge in [-0.15, -0.1) is 0 Å². The van der Waals surface area contributed by atoms with E-state index in [1.807, 2.05) is 0 Å². The third-order valence-corrected chi connectivity index (χ3v) is 3.90. The van der Waals surface area contributed by atoms with E-state index < -0.39 is 17.6 Å². The van der Waals surface area contributed by atoms with Crippen LogP contribution >= 0.6 is 0 Å². The van der Waals surface area contributed by atoms with Crippen molar-refractivity contribution in [3.63, 3.8) is 0 Å². The van der Waals surface area contributed by atoms with E-state index in [1.54, 1.807) is 6.92 Å². The zero-order valence-electron chi connectivity index (χ0n) is 14.0. The summed E-state index contributed by atoms with van der Waals surface area (Å²) in [6, 6.07) is 7.73. The number of benzene rings is 1. The quantitative estimate of drug-likeness (QED) is 0.729. The molecule has 140 valence electrons. The Kier molecular flexibility index (Phi) is 4.80. The lowest BCUT2D eigenvalue weighted by Crippen LogP contribution is -2.25. The van der Waals surface area contributed by atoms with E-state index in [0.717, 1.165) is 6.07 Å². The molecule has 0 atom stereocenters. The first kappa shape index (κ1) is 18.4. The Morgan fingerprint density at radius 2 is 1.96 bits per heavy atom. The molecule has 7 nitrogen and oxygen atoms in total. The number of halogens is 3. The Morgan fingerprint density at radius 3 is 2.63 bits per heavy atom. The summed E-state index contributed by atoms with van der Waals surface area (Å²) >= 11 is 0. The molecule has 0 aliphatic rings. The van der Waals surface area contributed by atoms with Crippen LogP contribution in [-0.2, 0) is 12.7 Å². The molecular weight excluding hydrogens is 363 g/mol. The van der Waals surface area contributed by atoms with Gasteiger partial charge in [-0.3, -0.25) is 9.59 Å². The fourth-order valence-electron chi connectivity index (χ4n) is 2.54. The van der Waals surface area contributed by atoms with Crippen molar-refractivity contribution in [1.82, 2.24) is 25.3 Å². The van der Waals surface area contributed by atoms with Crippen LogP contribution in [-0.4, -0.2) is 25.9 Å². The highest BCUT2D eigenvalue weighted by Gasteiger charge is 2.32. The first-order valence-corrected chi connectivity index (χ1v) is 7.81. The van der Waals surface area contributed by atoms with E-state index in [9.17, 15) is 22.8 Å². The highest BCUT2D eigenvalue weighted by atomic mass is 19.4. The number of amides is 1. The summed E-state index contributed by atoms with van der Waals surface area (Å²) in [5.74, 6) is -0.270. The molecule has 2 N–H and O–H groups in total. The van der Waals surface area contributed by atoms with Gasteiger partial charge >= 0.3 is 6.18 Å². The maximum absolute atomic E-state index is 13.0. The second kappa shape index (κ2) is 7.06. The number of nitrogens with one attached hydrogen (secondary N) is 2. The first-order chi connectivity index (χ1) is 12.8. The van der Waals surface area contributed by atoms with Gasteiger partial charge < -0.3 is 5.32 Å². The average molecular weight is 377 g/mol. The highest BCUT2D eigenvalue weighted by molar-refractivity contribution is 5.95. The van der Waals surface area contributed by atoms with Crippen LogP contribution in [0.25, 0.3) is 5.82 Å². The van der Waals surface area contributed by atoms with Gasteiger partial charge in [-0.2, -0.15) is 23.4 Å². The first-order valence-electron chi connectivity index (χ1n) is 7.81. The van der Waals surface area contributed by atoms with Crippen molar-refractivity contribution >= 4 is 5.91 Å². The molecule has 3 rings (SSSR count). The number of hydrogen-bond donors (Lipinski definition) is 2. The number of aromatic amines is 1. The Labute approximate surface area is 150 Å². The van der Waals surface area contributed by atoms with E-state index in [-0.39, 0.29) is 23.2 Å². The number of nitrogens with zero attached hydrogens (tertiary/aromatic N) is 3. The summed E-state index contributed by atoms with van der Waals surface area (Å²) in [4.78, 5) is 23.5. The summed E-state index contributed by atoms with van der Waals surface area (Å²) in [5.41, 5.74) is -0.602. The lowest BCUT2D eigenvalue weighted by Gasteiger charge is -2.13. The van der Waals surface area contributed by atoms with Gasteiger partial charge in [0.25, 0.3) is 11.5 Å². The SMILES string of the molecule is Cc1c(C(=O)NCc2ccccc2C(F)(F)F)cnn1-c1ccc(=O)[nH]n1. The fourth-order valence-corrected chi connectivity index (χ4v) is 2.54. The van der Waals surface area contributed by atoms with E-state index in [2.05, 4.69) is 20.6 Å². The predicted molar refractivity (Wildman–Crippen MR) is 89.3 cm³/mol. The minimum Gasteiger partial charge on any atom is -0.348 e. The molecular formula is C17H14F3N5O2. The van der Waals surface area contributed by atoms with Gasteiger partial charge in [0, 0.05) is 12.6 Å². The fraction of sp³-hybridized carbons (Fsp3) is 0.176. The molecule has 0 spiro atoms. The number of H-pyrrole nitrogens is 1. The third kappa shape index (κ3) is 3.89. The Bertz CT molecular complexity index is 1020. The molecule has 27 heavy (non-hydrogen) atoms. The van der Waals surface area contributed by atoms with Gasteiger partial charge in [0.2, 0.25) is 0 Å². The number of alkyl halides is 3. The van der Waals surface area contributed by atoms with Crippen LogP contribution in [0.5, 0.6) is 0 Å². The molecule has 0 bridgehead atoms. The van der Waals surface area contributed by atoms with Crippen molar-refractivity contribution in [2.75, 3.05) is 0 Å². The topological polar surface area (TPSA) is 92.7 Å². The predicted octanol–water partition coefficient (Wildman–Crippen LogP) is 2.21. The van der Waals surface area contributed by atoms with Gasteiger partial charge in [-0.1, -0.05) is 18.2 Å². The molecule has 0 unspecified atom stereocenters. The third-order valence-electron chi connectivity index (χ3n) is 3.90. The summed E-state index contributed by atoms with van der Waals surface area (Å²) in [7, 11) is 0. The van der Waals surface area contributed by atoms with Gasteiger partial charge in [0.1, 0.15) is 0 Å². The van der Waals surface area contributed by atoms with Crippen LogP contribution in [0.3, 0.4) is 0 Å². The minimum atomic E-state index is -4.50. The Morgan fingerprint density at radius 1 is 1.22 bits per heavy atom. The smallest absolute Gasteiger partial charge is 0.348 e. The molecule has 1 amide bonds. The van der Waals surface area contributed by atoms with Crippen LogP contribution in [0.2, 0.25) is 0 Å². The summed E-state index contributed by atoms with van der Waals surface area (Å²) < 4.78 is 40.4. The van der Waals surface area contributed by atoms with Crippen LogP contribution in [0.4, 0.5) is 13.2 Å². The number of aromatic nitrogens is 4. The van der Waals surface area contributed by atoms with Crippen molar-refractivity contribution in [1.29, 1.82) is 0 Å². The van der Waals surface area contributed by atoms with E-state index >= 15 is 0 Å². The zero-order valence-corrected chi connectivity index (χ0v) is 14.0. The maximum atomic E-state index is 13.0. The average Bonchev–Trinajstić information content (AvgIpc) is 3.01. The lowest BCUT2D eigenvalue weighted by molar-refractivity contribution is -0.138. The molecule has 2 heterocycles. The number of carbonyl (C=O) groups is 1.